The summed E-state index contributed by atoms with van der Waals surface area (Å²) in [5.74, 6) is -2.35. The Hall–Kier alpha value is -2.78. The third kappa shape index (κ3) is 3.75. The number of halogens is 4. The van der Waals surface area contributed by atoms with Crippen LogP contribution in [0.25, 0.3) is 33.0 Å². The van der Waals surface area contributed by atoms with Gasteiger partial charge in [0.25, 0.3) is 0 Å². The van der Waals surface area contributed by atoms with Gasteiger partial charge in [0, 0.05) is 10.9 Å². The van der Waals surface area contributed by atoms with Gasteiger partial charge in [-0.05, 0) is 52.3 Å². The maximum atomic E-state index is 15.1. The molecule has 4 rings (SSSR count). The van der Waals surface area contributed by atoms with Crippen LogP contribution in [-0.4, -0.2) is 0 Å². The summed E-state index contributed by atoms with van der Waals surface area (Å²) in [5.41, 5.74) is 3.56. The van der Waals surface area contributed by atoms with Gasteiger partial charge in [0.15, 0.2) is 0 Å². The summed E-state index contributed by atoms with van der Waals surface area (Å²) < 4.78 is 42.7. The van der Waals surface area contributed by atoms with Gasteiger partial charge in [0.05, 0.1) is 0 Å². The van der Waals surface area contributed by atoms with Gasteiger partial charge in [0.2, 0.25) is 0 Å². The summed E-state index contributed by atoms with van der Waals surface area (Å²) >= 11 is 5.53. The first kappa shape index (κ1) is 19.5. The summed E-state index contributed by atoms with van der Waals surface area (Å²) in [6.45, 7) is 2.15. The van der Waals surface area contributed by atoms with Crippen LogP contribution < -0.4 is 0 Å². The average Bonchev–Trinajstić information content (AvgIpc) is 2.72. The van der Waals surface area contributed by atoms with Crippen LogP contribution >= 0.6 is 11.6 Å². The molecule has 0 radical (unpaired) electrons. The Balaban J connectivity index is 1.76. The predicted octanol–water partition coefficient (Wildman–Crippen LogP) is 8.20. The quantitative estimate of drug-likeness (QED) is 0.297. The zero-order chi connectivity index (χ0) is 20.5. The molecule has 4 heteroatoms. The van der Waals surface area contributed by atoms with Gasteiger partial charge in [-0.3, -0.25) is 0 Å². The van der Waals surface area contributed by atoms with Crippen molar-refractivity contribution in [3.63, 3.8) is 0 Å². The van der Waals surface area contributed by atoms with E-state index in [1.54, 1.807) is 12.1 Å². The third-order valence-corrected chi connectivity index (χ3v) is 5.44. The zero-order valence-corrected chi connectivity index (χ0v) is 16.5. The molecule has 4 aromatic carbocycles. The van der Waals surface area contributed by atoms with E-state index in [2.05, 4.69) is 31.2 Å². The molecule has 4 aromatic rings. The molecule has 29 heavy (non-hydrogen) atoms. The van der Waals surface area contributed by atoms with Crippen molar-refractivity contribution in [3.05, 3.63) is 94.8 Å². The number of aryl methyl sites for hydroxylation is 1. The molecule has 0 aliphatic heterocycles. The lowest BCUT2D eigenvalue weighted by molar-refractivity contribution is 0.584. The topological polar surface area (TPSA) is 0 Å². The van der Waals surface area contributed by atoms with Crippen LogP contribution in [0.4, 0.5) is 13.2 Å². The van der Waals surface area contributed by atoms with Crippen LogP contribution in [0, 0.1) is 17.5 Å². The van der Waals surface area contributed by atoms with Crippen LogP contribution in [0.5, 0.6) is 0 Å². The molecule has 0 heterocycles. The van der Waals surface area contributed by atoms with E-state index < -0.39 is 22.5 Å². The highest BCUT2D eigenvalue weighted by Gasteiger charge is 2.15. The fourth-order valence-electron chi connectivity index (χ4n) is 3.56. The first-order valence-corrected chi connectivity index (χ1v) is 9.82. The highest BCUT2D eigenvalue weighted by Crippen LogP contribution is 2.34. The molecule has 0 spiro atoms. The molecule has 0 saturated heterocycles. The molecule has 0 atom stereocenters. The number of hydrogen-bond donors (Lipinski definition) is 0. The van der Waals surface area contributed by atoms with Crippen LogP contribution in [0.3, 0.4) is 0 Å². The van der Waals surface area contributed by atoms with Crippen molar-refractivity contribution < 1.29 is 13.2 Å². The molecule has 0 aliphatic rings. The second-order valence-corrected chi connectivity index (χ2v) is 7.44. The van der Waals surface area contributed by atoms with Crippen molar-refractivity contribution >= 4 is 22.4 Å². The van der Waals surface area contributed by atoms with Gasteiger partial charge in [0.1, 0.15) is 22.5 Å². The van der Waals surface area contributed by atoms with E-state index in [-0.39, 0.29) is 11.1 Å². The number of fused-ring (bicyclic) bond motifs is 1. The van der Waals surface area contributed by atoms with Crippen LogP contribution in [0.15, 0.2) is 66.7 Å². The fourth-order valence-corrected chi connectivity index (χ4v) is 3.67. The van der Waals surface area contributed by atoms with Crippen molar-refractivity contribution in [1.29, 1.82) is 0 Å². The van der Waals surface area contributed by atoms with Gasteiger partial charge in [-0.2, -0.15) is 0 Å². The summed E-state index contributed by atoms with van der Waals surface area (Å²) in [4.78, 5) is 0. The first-order valence-electron chi connectivity index (χ1n) is 9.44. The Morgan fingerprint density at radius 3 is 2.03 bits per heavy atom. The molecule has 0 N–H and O–H groups in total. The smallest absolute Gasteiger partial charge is 0.145 e. The molecule has 0 fully saturated rings. The molecule has 0 aliphatic carbocycles. The number of hydrogen-bond acceptors (Lipinski definition) is 0. The van der Waals surface area contributed by atoms with Crippen LogP contribution in [0.1, 0.15) is 18.9 Å². The lowest BCUT2D eigenvalue weighted by Crippen LogP contribution is -1.91. The SMILES string of the molecule is CCCc1ccc(-c2ccc3c(F)c(-c4cc(F)c(Cl)c(F)c4)ccc3c2)cc1. The third-order valence-electron chi connectivity index (χ3n) is 5.07. The normalized spacial score (nSPS) is 11.2. The highest BCUT2D eigenvalue weighted by atomic mass is 35.5. The maximum Gasteiger partial charge on any atom is 0.145 e. The summed E-state index contributed by atoms with van der Waals surface area (Å²) in [7, 11) is 0. The molecule has 0 bridgehead atoms. The minimum Gasteiger partial charge on any atom is -0.206 e. The Labute approximate surface area is 172 Å². The molecule has 146 valence electrons. The standard InChI is InChI=1S/C25H18ClF3/c1-2-3-15-4-6-16(7-5-15)17-8-10-20-18(12-17)9-11-21(25(20)29)19-13-22(27)24(26)23(28)14-19/h4-14H,2-3H2,1H3. The van der Waals surface area contributed by atoms with E-state index >= 15 is 4.39 Å². The summed E-state index contributed by atoms with van der Waals surface area (Å²) in [5, 5.41) is 0.519. The van der Waals surface area contributed by atoms with Gasteiger partial charge in [-0.1, -0.05) is 73.5 Å². The van der Waals surface area contributed by atoms with E-state index in [1.165, 1.54) is 11.6 Å². The van der Waals surface area contributed by atoms with E-state index in [9.17, 15) is 8.78 Å². The van der Waals surface area contributed by atoms with E-state index in [1.807, 2.05) is 12.1 Å². The molecule has 0 nitrogen and oxygen atoms in total. The monoisotopic (exact) mass is 410 g/mol. The van der Waals surface area contributed by atoms with Gasteiger partial charge >= 0.3 is 0 Å². The van der Waals surface area contributed by atoms with E-state index in [0.717, 1.165) is 41.5 Å². The minimum atomic E-state index is -0.914. The largest absolute Gasteiger partial charge is 0.206 e. The lowest BCUT2D eigenvalue weighted by Gasteiger charge is -2.10. The van der Waals surface area contributed by atoms with Crippen molar-refractivity contribution in [2.45, 2.75) is 19.8 Å². The van der Waals surface area contributed by atoms with Gasteiger partial charge < -0.3 is 0 Å². The van der Waals surface area contributed by atoms with Gasteiger partial charge in [-0.25, -0.2) is 13.2 Å². The van der Waals surface area contributed by atoms with E-state index in [4.69, 9.17) is 11.6 Å². The zero-order valence-electron chi connectivity index (χ0n) is 15.8. The Morgan fingerprint density at radius 2 is 1.38 bits per heavy atom. The number of benzene rings is 4. The maximum absolute atomic E-state index is 15.1. The van der Waals surface area contributed by atoms with Crippen molar-refractivity contribution in [3.8, 4) is 22.3 Å². The van der Waals surface area contributed by atoms with Crippen molar-refractivity contribution in [2.75, 3.05) is 0 Å². The Bertz CT molecular complexity index is 1170. The number of rotatable bonds is 4. The molecular formula is C25H18ClF3. The van der Waals surface area contributed by atoms with Crippen molar-refractivity contribution in [1.82, 2.24) is 0 Å². The van der Waals surface area contributed by atoms with Crippen LogP contribution in [0.2, 0.25) is 5.02 Å². The molecular weight excluding hydrogens is 393 g/mol. The second kappa shape index (κ2) is 7.92. The second-order valence-electron chi connectivity index (χ2n) is 7.06. The predicted molar refractivity (Wildman–Crippen MR) is 114 cm³/mol. The molecule has 0 amide bonds. The average molecular weight is 411 g/mol. The first-order chi connectivity index (χ1) is 14.0. The Morgan fingerprint density at radius 1 is 0.724 bits per heavy atom. The minimum absolute atomic E-state index is 0.111. The van der Waals surface area contributed by atoms with Crippen LogP contribution in [-0.2, 0) is 6.42 Å². The summed E-state index contributed by atoms with van der Waals surface area (Å²) in [6.07, 6.45) is 2.14. The summed E-state index contributed by atoms with van der Waals surface area (Å²) in [6, 6.07) is 19.2. The van der Waals surface area contributed by atoms with Crippen molar-refractivity contribution in [2.24, 2.45) is 0 Å². The lowest BCUT2D eigenvalue weighted by atomic mass is 9.96. The fraction of sp³-hybridized carbons (Fsp3) is 0.120. The molecule has 0 saturated carbocycles. The Kier molecular flexibility index (Phi) is 5.33. The van der Waals surface area contributed by atoms with Gasteiger partial charge in [-0.15, -0.1) is 0 Å². The van der Waals surface area contributed by atoms with E-state index in [0.29, 0.717) is 5.39 Å². The molecule has 0 unspecified atom stereocenters. The molecule has 0 aromatic heterocycles. The highest BCUT2D eigenvalue weighted by molar-refractivity contribution is 6.31.